The van der Waals surface area contributed by atoms with E-state index in [1.54, 1.807) is 11.8 Å². The molecule has 0 spiro atoms. The molecule has 0 heterocycles. The van der Waals surface area contributed by atoms with Crippen LogP contribution in [0.25, 0.3) is 0 Å². The Hall–Kier alpha value is -0.510. The summed E-state index contributed by atoms with van der Waals surface area (Å²) < 4.78 is 0. The fraction of sp³-hybridized carbons (Fsp3) is 0.500. The Morgan fingerprint density at radius 1 is 1.27 bits per heavy atom. The Balaban J connectivity index is 2.87. The predicted molar refractivity (Wildman–Crippen MR) is 68.0 cm³/mol. The first-order chi connectivity index (χ1) is 7.01. The molecule has 0 aromatic heterocycles. The van der Waals surface area contributed by atoms with Gasteiger partial charge >= 0.3 is 0 Å². The Morgan fingerprint density at radius 3 is 2.20 bits per heavy atom. The molecule has 0 bridgehead atoms. The zero-order valence-corrected chi connectivity index (χ0v) is 10.5. The minimum absolute atomic E-state index is 0.00148. The summed E-state index contributed by atoms with van der Waals surface area (Å²) in [7, 11) is 0. The molecule has 1 unspecified atom stereocenters. The van der Waals surface area contributed by atoms with Crippen molar-refractivity contribution in [2.45, 2.75) is 24.8 Å². The molecule has 0 saturated heterocycles. The lowest BCUT2D eigenvalue weighted by atomic mass is 9.81. The number of thioether (sulfide) groups is 1. The molecule has 0 amide bonds. The van der Waals surface area contributed by atoms with E-state index >= 15 is 0 Å². The van der Waals surface area contributed by atoms with E-state index in [1.165, 1.54) is 4.90 Å². The van der Waals surface area contributed by atoms with Crippen molar-refractivity contribution in [1.29, 1.82) is 0 Å². The lowest BCUT2D eigenvalue weighted by molar-refractivity contribution is 0.301. The maximum absolute atomic E-state index is 6.19. The zero-order valence-electron chi connectivity index (χ0n) is 9.66. The van der Waals surface area contributed by atoms with Crippen molar-refractivity contribution in [3.8, 4) is 0 Å². The molecule has 0 aliphatic carbocycles. The summed E-state index contributed by atoms with van der Waals surface area (Å²) in [5.41, 5.74) is 13.0. The SMILES string of the molecule is CSc1ccc(C(N)C(C)(C)CN)cc1. The molecule has 1 rings (SSSR count). The zero-order chi connectivity index (χ0) is 11.5. The molecule has 4 N–H and O–H groups in total. The maximum Gasteiger partial charge on any atom is 0.0358 e. The second-order valence-corrected chi connectivity index (χ2v) is 5.32. The van der Waals surface area contributed by atoms with Crippen LogP contribution in [0.2, 0.25) is 0 Å². The van der Waals surface area contributed by atoms with Gasteiger partial charge in [-0.1, -0.05) is 26.0 Å². The van der Waals surface area contributed by atoms with Crippen LogP contribution in [0, 0.1) is 5.41 Å². The standard InChI is InChI=1S/C12H20N2S/c1-12(2,8-13)11(14)9-4-6-10(15-3)7-5-9/h4-7,11H,8,13-14H2,1-3H3. The molecule has 0 radical (unpaired) electrons. The van der Waals surface area contributed by atoms with Crippen LogP contribution in [0.4, 0.5) is 0 Å². The average Bonchev–Trinajstić information content (AvgIpc) is 2.28. The van der Waals surface area contributed by atoms with Crippen LogP contribution in [-0.2, 0) is 0 Å². The lowest BCUT2D eigenvalue weighted by Gasteiger charge is -2.30. The van der Waals surface area contributed by atoms with Crippen LogP contribution in [0.3, 0.4) is 0 Å². The molecule has 1 aromatic rings. The molecule has 0 saturated carbocycles. The van der Waals surface area contributed by atoms with E-state index in [0.29, 0.717) is 6.54 Å². The van der Waals surface area contributed by atoms with E-state index in [9.17, 15) is 0 Å². The van der Waals surface area contributed by atoms with Gasteiger partial charge in [-0.3, -0.25) is 0 Å². The number of hydrogen-bond acceptors (Lipinski definition) is 3. The molecule has 84 valence electrons. The molecular formula is C12H20N2S. The van der Waals surface area contributed by atoms with Crippen LogP contribution in [0.15, 0.2) is 29.2 Å². The minimum Gasteiger partial charge on any atom is -0.330 e. The Kier molecular flexibility index (Phi) is 4.20. The van der Waals surface area contributed by atoms with Gasteiger partial charge in [0.2, 0.25) is 0 Å². The van der Waals surface area contributed by atoms with Gasteiger partial charge in [-0.25, -0.2) is 0 Å². The molecular weight excluding hydrogens is 204 g/mol. The monoisotopic (exact) mass is 224 g/mol. The summed E-state index contributed by atoms with van der Waals surface area (Å²) in [4.78, 5) is 1.26. The van der Waals surface area contributed by atoms with Gasteiger partial charge in [0.05, 0.1) is 0 Å². The third-order valence-electron chi connectivity index (χ3n) is 2.84. The molecule has 3 heteroatoms. The van der Waals surface area contributed by atoms with Gasteiger partial charge in [0.15, 0.2) is 0 Å². The first-order valence-electron chi connectivity index (χ1n) is 5.11. The number of hydrogen-bond donors (Lipinski definition) is 2. The Morgan fingerprint density at radius 2 is 1.80 bits per heavy atom. The fourth-order valence-electron chi connectivity index (χ4n) is 1.39. The highest BCUT2D eigenvalue weighted by atomic mass is 32.2. The molecule has 2 nitrogen and oxygen atoms in total. The van der Waals surface area contributed by atoms with Crippen molar-refractivity contribution in [3.05, 3.63) is 29.8 Å². The summed E-state index contributed by atoms with van der Waals surface area (Å²) in [5.74, 6) is 0. The summed E-state index contributed by atoms with van der Waals surface area (Å²) >= 11 is 1.74. The normalized spacial score (nSPS) is 13.9. The molecule has 0 aliphatic rings. The largest absolute Gasteiger partial charge is 0.330 e. The fourth-order valence-corrected chi connectivity index (χ4v) is 1.80. The van der Waals surface area contributed by atoms with Crippen molar-refractivity contribution in [2.24, 2.45) is 16.9 Å². The third-order valence-corrected chi connectivity index (χ3v) is 3.59. The second kappa shape index (κ2) is 5.01. The van der Waals surface area contributed by atoms with Crippen molar-refractivity contribution in [3.63, 3.8) is 0 Å². The highest BCUT2D eigenvalue weighted by Gasteiger charge is 2.25. The highest BCUT2D eigenvalue weighted by Crippen LogP contribution is 2.30. The van der Waals surface area contributed by atoms with E-state index < -0.39 is 0 Å². The van der Waals surface area contributed by atoms with Gasteiger partial charge in [-0.05, 0) is 35.9 Å². The third kappa shape index (κ3) is 2.97. The molecule has 1 aromatic carbocycles. The topological polar surface area (TPSA) is 52.0 Å². The first-order valence-corrected chi connectivity index (χ1v) is 6.33. The van der Waals surface area contributed by atoms with Crippen LogP contribution in [0.1, 0.15) is 25.5 Å². The van der Waals surface area contributed by atoms with Crippen molar-refractivity contribution >= 4 is 11.8 Å². The van der Waals surface area contributed by atoms with E-state index in [4.69, 9.17) is 11.5 Å². The number of nitrogens with two attached hydrogens (primary N) is 2. The Bertz CT molecular complexity index is 306. The summed E-state index contributed by atoms with van der Waals surface area (Å²) in [6.07, 6.45) is 2.07. The van der Waals surface area contributed by atoms with Gasteiger partial charge < -0.3 is 11.5 Å². The summed E-state index contributed by atoms with van der Waals surface area (Å²) in [6.45, 7) is 4.79. The van der Waals surface area contributed by atoms with E-state index in [1.807, 2.05) is 0 Å². The second-order valence-electron chi connectivity index (χ2n) is 4.44. The average molecular weight is 224 g/mol. The van der Waals surface area contributed by atoms with Crippen LogP contribution >= 0.6 is 11.8 Å². The van der Waals surface area contributed by atoms with E-state index in [-0.39, 0.29) is 11.5 Å². The predicted octanol–water partition coefficient (Wildman–Crippen LogP) is 2.39. The molecule has 0 fully saturated rings. The quantitative estimate of drug-likeness (QED) is 0.772. The van der Waals surface area contributed by atoms with Crippen molar-refractivity contribution in [1.82, 2.24) is 0 Å². The van der Waals surface area contributed by atoms with Crippen molar-refractivity contribution in [2.75, 3.05) is 12.8 Å². The molecule has 0 aliphatic heterocycles. The van der Waals surface area contributed by atoms with Gasteiger partial charge in [0.25, 0.3) is 0 Å². The summed E-state index contributed by atoms with van der Waals surface area (Å²) in [5, 5.41) is 0. The van der Waals surface area contributed by atoms with Crippen LogP contribution in [-0.4, -0.2) is 12.8 Å². The summed E-state index contributed by atoms with van der Waals surface area (Å²) in [6, 6.07) is 8.39. The molecule has 1 atom stereocenters. The van der Waals surface area contributed by atoms with Crippen molar-refractivity contribution < 1.29 is 0 Å². The first kappa shape index (κ1) is 12.6. The smallest absolute Gasteiger partial charge is 0.0358 e. The van der Waals surface area contributed by atoms with Gasteiger partial charge in [0.1, 0.15) is 0 Å². The Labute approximate surface area is 96.4 Å². The number of benzene rings is 1. The van der Waals surface area contributed by atoms with Gasteiger partial charge in [-0.15, -0.1) is 11.8 Å². The minimum atomic E-state index is -0.0547. The maximum atomic E-state index is 6.19. The van der Waals surface area contributed by atoms with Crippen LogP contribution < -0.4 is 11.5 Å². The lowest BCUT2D eigenvalue weighted by Crippen LogP contribution is -2.35. The van der Waals surface area contributed by atoms with E-state index in [2.05, 4.69) is 44.4 Å². The van der Waals surface area contributed by atoms with E-state index in [0.717, 1.165) is 5.56 Å². The van der Waals surface area contributed by atoms with Gasteiger partial charge in [0, 0.05) is 10.9 Å². The van der Waals surface area contributed by atoms with Gasteiger partial charge in [-0.2, -0.15) is 0 Å². The highest BCUT2D eigenvalue weighted by molar-refractivity contribution is 7.98. The number of rotatable bonds is 4. The molecule has 15 heavy (non-hydrogen) atoms. The van der Waals surface area contributed by atoms with Crippen LogP contribution in [0.5, 0.6) is 0 Å².